The Balaban J connectivity index is 1.46. The Morgan fingerprint density at radius 3 is 2.66 bits per heavy atom. The van der Waals surface area contributed by atoms with Gasteiger partial charge in [0, 0.05) is 23.8 Å². The van der Waals surface area contributed by atoms with Crippen LogP contribution in [-0.2, 0) is 29.1 Å². The van der Waals surface area contributed by atoms with E-state index in [1.54, 1.807) is 17.4 Å². The summed E-state index contributed by atoms with van der Waals surface area (Å²) in [5.41, 5.74) is 1.24. The number of carbonyl (C=O) groups excluding carboxylic acids is 2. The second-order valence-corrected chi connectivity index (χ2v) is 9.23. The molecule has 0 spiro atoms. The van der Waals surface area contributed by atoms with E-state index in [0.717, 1.165) is 30.6 Å². The van der Waals surface area contributed by atoms with Crippen LogP contribution in [0.5, 0.6) is 0 Å². The number of rotatable bonds is 8. The van der Waals surface area contributed by atoms with E-state index in [1.165, 1.54) is 11.0 Å². The largest absolute Gasteiger partial charge is 0.353 e. The summed E-state index contributed by atoms with van der Waals surface area (Å²) in [5.74, 6) is -0.288. The van der Waals surface area contributed by atoms with E-state index in [-0.39, 0.29) is 42.8 Å². The third-order valence-corrected chi connectivity index (χ3v) is 6.70. The van der Waals surface area contributed by atoms with Gasteiger partial charge in [-0.15, -0.1) is 11.3 Å². The number of amides is 2. The van der Waals surface area contributed by atoms with Gasteiger partial charge in [-0.25, -0.2) is 4.98 Å². The lowest BCUT2D eigenvalue weighted by molar-refractivity contribution is -0.122. The molecule has 3 aromatic rings. The summed E-state index contributed by atoms with van der Waals surface area (Å²) in [6, 6.07) is 11.4. The quantitative estimate of drug-likeness (QED) is 0.549. The molecule has 1 fully saturated rings. The van der Waals surface area contributed by atoms with Gasteiger partial charge < -0.3 is 10.6 Å². The number of para-hydroxylation sites is 2. The average Bonchev–Trinajstić information content (AvgIpc) is 3.33. The predicted molar refractivity (Wildman–Crippen MR) is 126 cm³/mol. The topological polar surface area (TPSA) is 93.1 Å². The van der Waals surface area contributed by atoms with Crippen LogP contribution in [0.4, 0.5) is 0 Å². The Labute approximate surface area is 190 Å². The highest BCUT2D eigenvalue weighted by atomic mass is 32.1. The summed E-state index contributed by atoms with van der Waals surface area (Å²) in [6.07, 6.45) is 6.03. The highest BCUT2D eigenvalue weighted by Gasteiger charge is 2.18. The first-order chi connectivity index (χ1) is 15.6. The maximum Gasteiger partial charge on any atom is 0.273 e. The number of hydrogen-bond donors (Lipinski definition) is 2. The van der Waals surface area contributed by atoms with Gasteiger partial charge in [0.05, 0.1) is 17.6 Å². The molecule has 0 unspecified atom stereocenters. The molecule has 2 N–H and O–H groups in total. The standard InChI is InChI=1S/C24H28N4O3S/c29-22(26-17-7-2-1-3-8-17)13-12-20-24(31)28(21-11-5-4-10-19(21)27-20)16-23(30)25-15-18-9-6-14-32-18/h4-6,9-11,14,17H,1-3,7-8,12-13,15-16H2,(H,25,30)(H,26,29). The summed E-state index contributed by atoms with van der Waals surface area (Å²) in [4.78, 5) is 43.7. The van der Waals surface area contributed by atoms with Crippen molar-refractivity contribution >= 4 is 34.2 Å². The number of nitrogens with zero attached hydrogens (tertiary/aromatic N) is 2. The number of nitrogens with one attached hydrogen (secondary N) is 2. The first kappa shape index (κ1) is 22.2. The van der Waals surface area contributed by atoms with E-state index in [1.807, 2.05) is 35.7 Å². The molecule has 0 radical (unpaired) electrons. The Bertz CT molecular complexity index is 1130. The van der Waals surface area contributed by atoms with E-state index >= 15 is 0 Å². The minimum atomic E-state index is -0.319. The Hall–Kier alpha value is -3.00. The molecule has 2 aromatic heterocycles. The monoisotopic (exact) mass is 452 g/mol. The van der Waals surface area contributed by atoms with E-state index < -0.39 is 0 Å². The minimum absolute atomic E-state index is 0.0495. The second-order valence-electron chi connectivity index (χ2n) is 8.20. The molecule has 1 aliphatic carbocycles. The molecule has 168 valence electrons. The van der Waals surface area contributed by atoms with Crippen LogP contribution in [0.1, 0.15) is 49.1 Å². The summed E-state index contributed by atoms with van der Waals surface area (Å²) >= 11 is 1.57. The predicted octanol–water partition coefficient (Wildman–Crippen LogP) is 3.16. The maximum absolute atomic E-state index is 13.1. The second kappa shape index (κ2) is 10.5. The Morgan fingerprint density at radius 2 is 1.88 bits per heavy atom. The highest BCUT2D eigenvalue weighted by molar-refractivity contribution is 7.09. The highest BCUT2D eigenvalue weighted by Crippen LogP contribution is 2.17. The first-order valence-corrected chi connectivity index (χ1v) is 12.0. The molecule has 0 bridgehead atoms. The van der Waals surface area contributed by atoms with Crippen molar-refractivity contribution < 1.29 is 9.59 Å². The Morgan fingerprint density at radius 1 is 1.06 bits per heavy atom. The fourth-order valence-corrected chi connectivity index (χ4v) is 4.79. The van der Waals surface area contributed by atoms with Crippen LogP contribution in [0.3, 0.4) is 0 Å². The van der Waals surface area contributed by atoms with Crippen molar-refractivity contribution in [2.24, 2.45) is 0 Å². The van der Waals surface area contributed by atoms with Crippen LogP contribution in [0.15, 0.2) is 46.6 Å². The number of carbonyl (C=O) groups is 2. The molecule has 0 atom stereocenters. The first-order valence-electron chi connectivity index (χ1n) is 11.2. The normalized spacial score (nSPS) is 14.4. The molecule has 1 aliphatic rings. The number of fused-ring (bicyclic) bond motifs is 1. The van der Waals surface area contributed by atoms with E-state index in [9.17, 15) is 14.4 Å². The van der Waals surface area contributed by atoms with Gasteiger partial charge in [-0.2, -0.15) is 0 Å². The zero-order chi connectivity index (χ0) is 22.3. The molecule has 7 nitrogen and oxygen atoms in total. The SMILES string of the molecule is O=C(Cn1c(=O)c(CCC(=O)NC2CCCCC2)nc2ccccc21)NCc1cccs1. The van der Waals surface area contributed by atoms with Crippen molar-refractivity contribution in [2.45, 2.75) is 64.1 Å². The lowest BCUT2D eigenvalue weighted by Gasteiger charge is -2.22. The van der Waals surface area contributed by atoms with Crippen molar-refractivity contribution in [1.29, 1.82) is 0 Å². The minimum Gasteiger partial charge on any atom is -0.353 e. The third kappa shape index (κ3) is 5.62. The van der Waals surface area contributed by atoms with Gasteiger partial charge in [0.25, 0.3) is 5.56 Å². The van der Waals surface area contributed by atoms with Gasteiger partial charge in [0.15, 0.2) is 0 Å². The molecule has 1 aromatic carbocycles. The average molecular weight is 453 g/mol. The molecule has 2 heterocycles. The van der Waals surface area contributed by atoms with E-state index in [0.29, 0.717) is 23.3 Å². The molecule has 0 saturated heterocycles. The molecule has 4 rings (SSSR count). The van der Waals surface area contributed by atoms with Crippen molar-refractivity contribution in [1.82, 2.24) is 20.2 Å². The van der Waals surface area contributed by atoms with Gasteiger partial charge in [-0.1, -0.05) is 37.5 Å². The smallest absolute Gasteiger partial charge is 0.273 e. The number of aryl methyl sites for hydroxylation is 1. The van der Waals surface area contributed by atoms with Crippen molar-refractivity contribution in [3.63, 3.8) is 0 Å². The molecular weight excluding hydrogens is 424 g/mol. The van der Waals surface area contributed by atoms with Crippen LogP contribution in [0, 0.1) is 0 Å². The molecule has 1 saturated carbocycles. The maximum atomic E-state index is 13.1. The van der Waals surface area contributed by atoms with Gasteiger partial charge in [0.1, 0.15) is 12.2 Å². The van der Waals surface area contributed by atoms with Crippen LogP contribution in [0.2, 0.25) is 0 Å². The van der Waals surface area contributed by atoms with E-state index in [4.69, 9.17) is 0 Å². The van der Waals surface area contributed by atoms with Crippen molar-refractivity contribution in [2.75, 3.05) is 0 Å². The molecule has 2 amide bonds. The van der Waals surface area contributed by atoms with Crippen LogP contribution in [0.25, 0.3) is 11.0 Å². The summed E-state index contributed by atoms with van der Waals surface area (Å²) in [6.45, 7) is 0.344. The van der Waals surface area contributed by atoms with Crippen molar-refractivity contribution in [3.05, 3.63) is 62.7 Å². The third-order valence-electron chi connectivity index (χ3n) is 5.82. The molecule has 8 heteroatoms. The van der Waals surface area contributed by atoms with Gasteiger partial charge in [0.2, 0.25) is 11.8 Å². The number of benzene rings is 1. The lowest BCUT2D eigenvalue weighted by Crippen LogP contribution is -2.37. The van der Waals surface area contributed by atoms with Crippen molar-refractivity contribution in [3.8, 4) is 0 Å². The lowest BCUT2D eigenvalue weighted by atomic mass is 9.95. The zero-order valence-electron chi connectivity index (χ0n) is 18.0. The summed E-state index contributed by atoms with van der Waals surface area (Å²) in [5, 5.41) is 7.91. The van der Waals surface area contributed by atoms with Gasteiger partial charge in [-0.05, 0) is 36.4 Å². The fraction of sp³-hybridized carbons (Fsp3) is 0.417. The molecule has 32 heavy (non-hydrogen) atoms. The van der Waals surface area contributed by atoms with Crippen LogP contribution < -0.4 is 16.2 Å². The Kier molecular flexibility index (Phi) is 7.32. The molecule has 0 aliphatic heterocycles. The van der Waals surface area contributed by atoms with Crippen LogP contribution in [-0.4, -0.2) is 27.4 Å². The van der Waals surface area contributed by atoms with E-state index in [2.05, 4.69) is 15.6 Å². The molecular formula is C24H28N4O3S. The number of hydrogen-bond acceptors (Lipinski definition) is 5. The summed E-state index contributed by atoms with van der Waals surface area (Å²) in [7, 11) is 0. The van der Waals surface area contributed by atoms with Gasteiger partial charge >= 0.3 is 0 Å². The number of thiophene rings is 1. The van der Waals surface area contributed by atoms with Gasteiger partial charge in [-0.3, -0.25) is 19.0 Å². The fourth-order valence-electron chi connectivity index (χ4n) is 4.14. The van der Waals surface area contributed by atoms with Crippen LogP contribution >= 0.6 is 11.3 Å². The summed E-state index contributed by atoms with van der Waals surface area (Å²) < 4.78 is 1.46. The number of aromatic nitrogens is 2. The zero-order valence-corrected chi connectivity index (χ0v) is 18.8.